The van der Waals surface area contributed by atoms with Crippen molar-refractivity contribution in [2.45, 2.75) is 24.7 Å². The summed E-state index contributed by atoms with van der Waals surface area (Å²) in [6, 6.07) is 10.0. The molecule has 0 fully saturated rings. The lowest BCUT2D eigenvalue weighted by atomic mass is 10.1. The van der Waals surface area contributed by atoms with E-state index >= 15 is 0 Å². The Bertz CT molecular complexity index is 412. The third-order valence-electron chi connectivity index (χ3n) is 2.09. The Balaban J connectivity index is 2.48. The third kappa shape index (κ3) is 5.41. The van der Waals surface area contributed by atoms with Gasteiger partial charge in [-0.05, 0) is 31.0 Å². The number of carbonyl (C=O) groups excluding carboxylic acids is 1. The highest BCUT2D eigenvalue weighted by atomic mass is 32.2. The minimum atomic E-state index is -0.195. The molecule has 0 amide bonds. The van der Waals surface area contributed by atoms with Crippen LogP contribution >= 0.6 is 11.8 Å². The molecule has 1 aromatic carbocycles. The second-order valence-corrected chi connectivity index (χ2v) is 4.45. The van der Waals surface area contributed by atoms with Crippen molar-refractivity contribution in [2.75, 3.05) is 12.4 Å². The van der Waals surface area contributed by atoms with E-state index in [0.29, 0.717) is 18.8 Å². The number of aryl methyl sites for hydroxylation is 1. The van der Waals surface area contributed by atoms with Crippen LogP contribution in [0.4, 0.5) is 0 Å². The van der Waals surface area contributed by atoms with Crippen LogP contribution in [0.2, 0.25) is 0 Å². The van der Waals surface area contributed by atoms with E-state index in [-0.39, 0.29) is 5.97 Å². The number of benzene rings is 1. The van der Waals surface area contributed by atoms with Crippen LogP contribution in [0.15, 0.2) is 29.2 Å². The molecule has 0 spiro atoms. The van der Waals surface area contributed by atoms with Gasteiger partial charge in [-0.3, -0.25) is 4.79 Å². The maximum atomic E-state index is 11.2. The van der Waals surface area contributed by atoms with Crippen molar-refractivity contribution in [2.24, 2.45) is 0 Å². The number of thioether (sulfide) groups is 1. The highest BCUT2D eigenvalue weighted by molar-refractivity contribution is 8.00. The van der Waals surface area contributed by atoms with Gasteiger partial charge >= 0.3 is 5.97 Å². The number of ether oxygens (including phenoxy) is 1. The van der Waals surface area contributed by atoms with Gasteiger partial charge in [0.1, 0.15) is 0 Å². The smallest absolute Gasteiger partial charge is 0.316 e. The summed E-state index contributed by atoms with van der Waals surface area (Å²) in [6.45, 7) is 2.21. The van der Waals surface area contributed by atoms with Crippen molar-refractivity contribution in [1.29, 1.82) is 5.26 Å². The van der Waals surface area contributed by atoms with E-state index in [4.69, 9.17) is 10.00 Å². The first-order valence-corrected chi connectivity index (χ1v) is 6.49. The lowest BCUT2D eigenvalue weighted by Gasteiger charge is -2.04. The van der Waals surface area contributed by atoms with Crippen molar-refractivity contribution in [1.82, 2.24) is 0 Å². The van der Waals surface area contributed by atoms with E-state index < -0.39 is 0 Å². The summed E-state index contributed by atoms with van der Waals surface area (Å²) < 4.78 is 4.86. The SMILES string of the molecule is CCOC(=O)CSc1cccc(CCC#N)c1. The molecule has 3 nitrogen and oxygen atoms in total. The van der Waals surface area contributed by atoms with Gasteiger partial charge in [0.15, 0.2) is 0 Å². The summed E-state index contributed by atoms with van der Waals surface area (Å²) in [5.41, 5.74) is 1.13. The van der Waals surface area contributed by atoms with Gasteiger partial charge in [-0.2, -0.15) is 5.26 Å². The van der Waals surface area contributed by atoms with Crippen LogP contribution in [-0.4, -0.2) is 18.3 Å². The number of hydrogen-bond acceptors (Lipinski definition) is 4. The fourth-order valence-corrected chi connectivity index (χ4v) is 2.11. The second kappa shape index (κ2) is 7.75. The highest BCUT2D eigenvalue weighted by Crippen LogP contribution is 2.19. The first-order chi connectivity index (χ1) is 8.26. The van der Waals surface area contributed by atoms with Crippen LogP contribution < -0.4 is 0 Å². The Morgan fingerprint density at radius 2 is 2.35 bits per heavy atom. The standard InChI is InChI=1S/C13H15NO2S/c1-2-16-13(15)10-17-12-7-3-5-11(9-12)6-4-8-14/h3,5,7,9H,2,4,6,10H2,1H3. The summed E-state index contributed by atoms with van der Waals surface area (Å²) in [7, 11) is 0. The molecule has 0 heterocycles. The largest absolute Gasteiger partial charge is 0.465 e. The van der Waals surface area contributed by atoms with Gasteiger partial charge in [-0.25, -0.2) is 0 Å². The number of hydrogen-bond donors (Lipinski definition) is 0. The molecule has 1 aromatic rings. The molecule has 0 saturated heterocycles. The van der Waals surface area contributed by atoms with E-state index in [2.05, 4.69) is 6.07 Å². The molecule has 0 N–H and O–H groups in total. The van der Waals surface area contributed by atoms with E-state index in [9.17, 15) is 4.79 Å². The van der Waals surface area contributed by atoms with Gasteiger partial charge in [0, 0.05) is 11.3 Å². The van der Waals surface area contributed by atoms with Crippen LogP contribution in [0.5, 0.6) is 0 Å². The van der Waals surface area contributed by atoms with Gasteiger partial charge in [-0.15, -0.1) is 11.8 Å². The molecule has 0 aliphatic carbocycles. The number of nitrogens with zero attached hydrogens (tertiary/aromatic N) is 1. The highest BCUT2D eigenvalue weighted by Gasteiger charge is 2.03. The molecule has 0 unspecified atom stereocenters. The monoisotopic (exact) mass is 249 g/mol. The maximum absolute atomic E-state index is 11.2. The number of carbonyl (C=O) groups is 1. The summed E-state index contributed by atoms with van der Waals surface area (Å²) in [5.74, 6) is 0.134. The Labute approximate surface area is 106 Å². The zero-order chi connectivity index (χ0) is 12.5. The van der Waals surface area contributed by atoms with Crippen LogP contribution in [0.25, 0.3) is 0 Å². The predicted molar refractivity (Wildman–Crippen MR) is 67.7 cm³/mol. The predicted octanol–water partition coefficient (Wildman–Crippen LogP) is 2.80. The number of esters is 1. The van der Waals surface area contributed by atoms with Crippen molar-refractivity contribution in [3.63, 3.8) is 0 Å². The first-order valence-electron chi connectivity index (χ1n) is 5.50. The molecule has 0 bridgehead atoms. The van der Waals surface area contributed by atoms with E-state index in [1.165, 1.54) is 11.8 Å². The van der Waals surface area contributed by atoms with Gasteiger partial charge in [0.05, 0.1) is 18.4 Å². The molecule has 0 aliphatic heterocycles. The molecule has 0 atom stereocenters. The first kappa shape index (κ1) is 13.6. The fourth-order valence-electron chi connectivity index (χ4n) is 1.34. The summed E-state index contributed by atoms with van der Waals surface area (Å²) in [6.07, 6.45) is 1.27. The fraction of sp³-hybridized carbons (Fsp3) is 0.385. The van der Waals surface area contributed by atoms with Crippen molar-refractivity contribution >= 4 is 17.7 Å². The Morgan fingerprint density at radius 3 is 3.06 bits per heavy atom. The summed E-state index contributed by atoms with van der Waals surface area (Å²) in [4.78, 5) is 12.2. The normalized spacial score (nSPS) is 9.65. The quantitative estimate of drug-likeness (QED) is 0.574. The Hall–Kier alpha value is -1.47. The van der Waals surface area contributed by atoms with E-state index in [1.54, 1.807) is 6.92 Å². The summed E-state index contributed by atoms with van der Waals surface area (Å²) in [5, 5.41) is 8.52. The number of rotatable bonds is 6. The van der Waals surface area contributed by atoms with Crippen molar-refractivity contribution < 1.29 is 9.53 Å². The average molecular weight is 249 g/mol. The van der Waals surface area contributed by atoms with Crippen molar-refractivity contribution in [3.8, 4) is 6.07 Å². The van der Waals surface area contributed by atoms with Crippen LogP contribution in [0, 0.1) is 11.3 Å². The van der Waals surface area contributed by atoms with Gasteiger partial charge in [0.25, 0.3) is 0 Å². The lowest BCUT2D eigenvalue weighted by molar-refractivity contribution is -0.139. The van der Waals surface area contributed by atoms with E-state index in [1.807, 2.05) is 24.3 Å². The Kier molecular flexibility index (Phi) is 6.19. The molecule has 0 radical (unpaired) electrons. The molecule has 90 valence electrons. The minimum absolute atomic E-state index is 0.195. The zero-order valence-corrected chi connectivity index (χ0v) is 10.6. The van der Waals surface area contributed by atoms with Crippen LogP contribution in [0.3, 0.4) is 0 Å². The van der Waals surface area contributed by atoms with Crippen LogP contribution in [0.1, 0.15) is 18.9 Å². The van der Waals surface area contributed by atoms with Gasteiger partial charge < -0.3 is 4.74 Å². The molecule has 1 rings (SSSR count). The topological polar surface area (TPSA) is 50.1 Å². The lowest BCUT2D eigenvalue weighted by Crippen LogP contribution is -2.06. The molecule has 17 heavy (non-hydrogen) atoms. The average Bonchev–Trinajstić information content (AvgIpc) is 2.35. The zero-order valence-electron chi connectivity index (χ0n) is 9.81. The van der Waals surface area contributed by atoms with Crippen LogP contribution in [-0.2, 0) is 16.0 Å². The van der Waals surface area contributed by atoms with Gasteiger partial charge in [-0.1, -0.05) is 12.1 Å². The molecule has 4 heteroatoms. The second-order valence-electron chi connectivity index (χ2n) is 3.40. The van der Waals surface area contributed by atoms with E-state index in [0.717, 1.165) is 16.9 Å². The third-order valence-corrected chi connectivity index (χ3v) is 3.05. The molecular formula is C13H15NO2S. The molecule has 0 aromatic heterocycles. The number of nitriles is 1. The molecular weight excluding hydrogens is 234 g/mol. The summed E-state index contributed by atoms with van der Waals surface area (Å²) >= 11 is 1.46. The molecule has 0 aliphatic rings. The Morgan fingerprint density at radius 1 is 1.53 bits per heavy atom. The van der Waals surface area contributed by atoms with Gasteiger partial charge in [0.2, 0.25) is 0 Å². The molecule has 0 saturated carbocycles. The minimum Gasteiger partial charge on any atom is -0.465 e. The van der Waals surface area contributed by atoms with Crippen molar-refractivity contribution in [3.05, 3.63) is 29.8 Å². The maximum Gasteiger partial charge on any atom is 0.316 e.